The minimum Gasteiger partial charge on any atom is -0.496 e. The summed E-state index contributed by atoms with van der Waals surface area (Å²) < 4.78 is 37.7. The second-order valence-corrected chi connectivity index (χ2v) is 10.8. The monoisotopic (exact) mass is 454 g/mol. The van der Waals surface area contributed by atoms with Crippen LogP contribution in [0.4, 0.5) is 4.39 Å². The van der Waals surface area contributed by atoms with Gasteiger partial charge in [-0.15, -0.1) is 0 Å². The van der Waals surface area contributed by atoms with Crippen molar-refractivity contribution in [3.05, 3.63) is 83.1 Å². The zero-order chi connectivity index (χ0) is 22.9. The fraction of sp³-hybridized carbons (Fsp3) is 0.240. The quantitative estimate of drug-likeness (QED) is 0.554. The van der Waals surface area contributed by atoms with E-state index in [2.05, 4.69) is 16.9 Å². The highest BCUT2D eigenvalue weighted by Crippen LogP contribution is 2.34. The van der Waals surface area contributed by atoms with Gasteiger partial charge >= 0.3 is 0 Å². The van der Waals surface area contributed by atoms with Crippen LogP contribution < -0.4 is 15.0 Å². The van der Waals surface area contributed by atoms with Crippen LogP contribution in [-0.2, 0) is 17.2 Å². The SMILES string of the molecule is COc1ccc(-c2cn(C)c(=O)c3cc(F)ccc23)cc1[SH](C)(=O)NCC1C=CC=CC1. The van der Waals surface area contributed by atoms with Crippen molar-refractivity contribution in [2.45, 2.75) is 11.3 Å². The van der Waals surface area contributed by atoms with Crippen LogP contribution in [0, 0.1) is 11.7 Å². The van der Waals surface area contributed by atoms with E-state index < -0.39 is 15.9 Å². The lowest BCUT2D eigenvalue weighted by Crippen LogP contribution is -2.34. The van der Waals surface area contributed by atoms with Gasteiger partial charge in [0.05, 0.1) is 17.4 Å². The number of methoxy groups -OCH3 is 1. The molecule has 1 aliphatic carbocycles. The third-order valence-corrected chi connectivity index (χ3v) is 7.87. The minimum absolute atomic E-state index is 0.269. The Morgan fingerprint density at radius 2 is 2.00 bits per heavy atom. The summed E-state index contributed by atoms with van der Waals surface area (Å²) in [5.74, 6) is 0.354. The molecule has 1 heterocycles. The van der Waals surface area contributed by atoms with Crippen LogP contribution in [0.5, 0.6) is 5.75 Å². The molecule has 2 aromatic carbocycles. The maximum Gasteiger partial charge on any atom is 0.258 e. The van der Waals surface area contributed by atoms with E-state index >= 15 is 0 Å². The lowest BCUT2D eigenvalue weighted by Gasteiger charge is -2.26. The van der Waals surface area contributed by atoms with Crippen LogP contribution in [-0.4, -0.2) is 28.7 Å². The number of aryl methyl sites for hydroxylation is 1. The second-order valence-electron chi connectivity index (χ2n) is 8.13. The molecule has 5 nitrogen and oxygen atoms in total. The highest BCUT2D eigenvalue weighted by molar-refractivity contribution is 8.00. The number of pyridine rings is 1. The third kappa shape index (κ3) is 4.31. The van der Waals surface area contributed by atoms with Crippen molar-refractivity contribution in [1.82, 2.24) is 9.29 Å². The number of nitrogens with one attached hydrogen (secondary N) is 1. The van der Waals surface area contributed by atoms with Gasteiger partial charge in [-0.3, -0.25) is 13.7 Å². The molecular formula is C25H27FN2O3S. The molecule has 0 saturated carbocycles. The third-order valence-electron chi connectivity index (χ3n) is 5.82. The van der Waals surface area contributed by atoms with E-state index in [1.165, 1.54) is 16.7 Å². The van der Waals surface area contributed by atoms with Crippen molar-refractivity contribution in [3.8, 4) is 16.9 Å². The first-order chi connectivity index (χ1) is 15.3. The number of rotatable bonds is 6. The molecule has 0 amide bonds. The molecule has 1 atom stereocenters. The Kier molecular flexibility index (Phi) is 6.13. The Bertz CT molecular complexity index is 1340. The van der Waals surface area contributed by atoms with E-state index in [9.17, 15) is 13.4 Å². The Balaban J connectivity index is 1.78. The van der Waals surface area contributed by atoms with E-state index in [-0.39, 0.29) is 11.5 Å². The largest absolute Gasteiger partial charge is 0.496 e. The average molecular weight is 455 g/mol. The molecular weight excluding hydrogens is 427 g/mol. The summed E-state index contributed by atoms with van der Waals surface area (Å²) in [5, 5.41) is 0.945. The van der Waals surface area contributed by atoms with Gasteiger partial charge in [-0.1, -0.05) is 36.4 Å². The van der Waals surface area contributed by atoms with E-state index in [1.54, 1.807) is 38.7 Å². The zero-order valence-electron chi connectivity index (χ0n) is 18.3. The number of benzene rings is 2. The fourth-order valence-electron chi connectivity index (χ4n) is 4.02. The summed E-state index contributed by atoms with van der Waals surface area (Å²) in [4.78, 5) is 13.1. The Labute approximate surface area is 187 Å². The van der Waals surface area contributed by atoms with Crippen LogP contribution >= 0.6 is 0 Å². The fourth-order valence-corrected chi connectivity index (χ4v) is 5.75. The van der Waals surface area contributed by atoms with Gasteiger partial charge in [0.25, 0.3) is 5.56 Å². The van der Waals surface area contributed by atoms with Crippen LogP contribution in [0.3, 0.4) is 0 Å². The van der Waals surface area contributed by atoms with Crippen LogP contribution in [0.1, 0.15) is 6.42 Å². The number of ether oxygens (including phenoxy) is 1. The number of fused-ring (bicyclic) bond motifs is 1. The van der Waals surface area contributed by atoms with Crippen molar-refractivity contribution < 1.29 is 13.3 Å². The van der Waals surface area contributed by atoms with E-state index in [1.807, 2.05) is 24.3 Å². The van der Waals surface area contributed by atoms with Gasteiger partial charge in [0.2, 0.25) is 0 Å². The van der Waals surface area contributed by atoms with Gasteiger partial charge < -0.3 is 9.30 Å². The average Bonchev–Trinajstić information content (AvgIpc) is 2.80. The van der Waals surface area contributed by atoms with Crippen molar-refractivity contribution in [3.63, 3.8) is 0 Å². The van der Waals surface area contributed by atoms with Gasteiger partial charge in [0.15, 0.2) is 0 Å². The van der Waals surface area contributed by atoms with Gasteiger partial charge in [-0.25, -0.2) is 4.39 Å². The molecule has 1 N–H and O–H groups in total. The number of allylic oxidation sites excluding steroid dienone is 3. The number of thiol groups is 1. The number of halogens is 1. The van der Waals surface area contributed by atoms with Gasteiger partial charge in [0.1, 0.15) is 11.6 Å². The van der Waals surface area contributed by atoms with Crippen molar-refractivity contribution in [1.29, 1.82) is 0 Å². The lowest BCUT2D eigenvalue weighted by molar-refractivity contribution is 0.403. The second kappa shape index (κ2) is 8.84. The maximum atomic E-state index is 13.8. The molecule has 0 radical (unpaired) electrons. The van der Waals surface area contributed by atoms with Gasteiger partial charge in [0, 0.05) is 31.6 Å². The van der Waals surface area contributed by atoms with E-state index in [0.29, 0.717) is 28.0 Å². The summed E-state index contributed by atoms with van der Waals surface area (Å²) in [7, 11) is 0.227. The summed E-state index contributed by atoms with van der Waals surface area (Å²) in [5.41, 5.74) is 1.26. The molecule has 0 aliphatic heterocycles. The topological polar surface area (TPSA) is 60.3 Å². The molecule has 0 fully saturated rings. The molecule has 3 aromatic rings. The number of hydrogen-bond acceptors (Lipinski definition) is 3. The molecule has 1 aliphatic rings. The Morgan fingerprint density at radius 3 is 2.72 bits per heavy atom. The predicted octanol–water partition coefficient (Wildman–Crippen LogP) is 4.00. The molecule has 1 unspecified atom stereocenters. The van der Waals surface area contributed by atoms with Crippen molar-refractivity contribution in [2.75, 3.05) is 19.9 Å². The minimum atomic E-state index is -2.96. The molecule has 0 saturated heterocycles. The van der Waals surface area contributed by atoms with E-state index in [4.69, 9.17) is 4.74 Å². The number of nitrogens with zero attached hydrogens (tertiary/aromatic N) is 1. The van der Waals surface area contributed by atoms with Crippen molar-refractivity contribution >= 4 is 20.9 Å². The summed E-state index contributed by atoms with van der Waals surface area (Å²) in [6.45, 7) is 0.587. The van der Waals surface area contributed by atoms with Gasteiger partial charge in [-0.2, -0.15) is 0 Å². The highest BCUT2D eigenvalue weighted by atomic mass is 32.3. The standard InChI is InChI=1S/C25H27FN2O3S/c1-28-16-22(20-11-10-19(26)14-21(20)25(28)29)18-9-12-23(31-2)24(13-18)32(3,30)27-15-17-7-5-4-6-8-17/h4-7,9-14,16-17,32H,8,15H2,1-3H3,(H,27,30). The molecule has 32 heavy (non-hydrogen) atoms. The van der Waals surface area contributed by atoms with Crippen molar-refractivity contribution in [2.24, 2.45) is 13.0 Å². The highest BCUT2D eigenvalue weighted by Gasteiger charge is 2.20. The molecule has 7 heteroatoms. The van der Waals surface area contributed by atoms with Crippen LogP contribution in [0.25, 0.3) is 21.9 Å². The molecule has 0 bridgehead atoms. The number of hydrogen-bond donors (Lipinski definition) is 2. The first kappa shape index (κ1) is 22.2. The molecule has 168 valence electrons. The predicted molar refractivity (Wildman–Crippen MR) is 129 cm³/mol. The molecule has 1 aromatic heterocycles. The van der Waals surface area contributed by atoms with E-state index in [0.717, 1.165) is 17.5 Å². The summed E-state index contributed by atoms with van der Waals surface area (Å²) in [6.07, 6.45) is 12.6. The summed E-state index contributed by atoms with van der Waals surface area (Å²) in [6, 6.07) is 9.69. The Morgan fingerprint density at radius 1 is 1.19 bits per heavy atom. The number of aromatic nitrogens is 1. The van der Waals surface area contributed by atoms with Crippen LogP contribution in [0.15, 0.2) is 76.6 Å². The first-order valence-corrected chi connectivity index (χ1v) is 12.6. The zero-order valence-corrected chi connectivity index (χ0v) is 19.2. The molecule has 4 rings (SSSR count). The summed E-state index contributed by atoms with van der Waals surface area (Å²) >= 11 is 0. The first-order valence-electron chi connectivity index (χ1n) is 10.4. The lowest BCUT2D eigenvalue weighted by atomic mass is 10.0. The van der Waals surface area contributed by atoms with Gasteiger partial charge in [-0.05, 0) is 57.7 Å². The Hall–Kier alpha value is -3.03. The smallest absolute Gasteiger partial charge is 0.258 e. The molecule has 0 spiro atoms. The normalized spacial score (nSPS) is 16.4. The maximum absolute atomic E-state index is 13.8. The van der Waals surface area contributed by atoms with Crippen LogP contribution in [0.2, 0.25) is 0 Å².